The maximum Gasteiger partial charge on any atom is 0.302 e. The largest absolute Gasteiger partial charge is 0.497 e. The van der Waals surface area contributed by atoms with Crippen LogP contribution in [-0.4, -0.2) is 62.6 Å². The second-order valence-corrected chi connectivity index (χ2v) is 8.33. The van der Waals surface area contributed by atoms with Gasteiger partial charge in [0, 0.05) is 67.7 Å². The molecule has 1 aliphatic rings. The molecule has 174 valence electrons. The van der Waals surface area contributed by atoms with E-state index >= 15 is 0 Å². The number of nitrogens with one attached hydrogen (secondary N) is 1. The molecule has 8 nitrogen and oxygen atoms in total. The number of rotatable bonds is 8. The van der Waals surface area contributed by atoms with Gasteiger partial charge in [-0.2, -0.15) is 0 Å². The Morgan fingerprint density at radius 1 is 1.03 bits per heavy atom. The van der Waals surface area contributed by atoms with E-state index in [9.17, 15) is 4.79 Å². The Bertz CT molecular complexity index is 910. The molecule has 0 saturated carbocycles. The van der Waals surface area contributed by atoms with Crippen LogP contribution in [0, 0.1) is 6.92 Å². The molecule has 1 aliphatic heterocycles. The highest BCUT2D eigenvalue weighted by molar-refractivity contribution is 8.14. The van der Waals surface area contributed by atoms with Crippen LogP contribution in [-0.2, 0) is 6.42 Å². The van der Waals surface area contributed by atoms with Gasteiger partial charge in [0.25, 0.3) is 0 Å². The number of pyridine rings is 1. The summed E-state index contributed by atoms with van der Waals surface area (Å²) in [5.41, 5.74) is 3.85. The number of aromatic nitrogens is 1. The quantitative estimate of drug-likeness (QED) is 0.582. The minimum Gasteiger partial charge on any atom is -0.497 e. The lowest BCUT2D eigenvalue weighted by molar-refractivity contribution is 0.219. The molecule has 1 aromatic heterocycles. The molecular weight excluding hydrogens is 428 g/mol. The van der Waals surface area contributed by atoms with E-state index in [4.69, 9.17) is 14.2 Å². The smallest absolute Gasteiger partial charge is 0.302 e. The number of carbonyl (C=O) groups excluding carboxylic acids is 1. The van der Waals surface area contributed by atoms with E-state index in [1.807, 2.05) is 36.1 Å². The summed E-state index contributed by atoms with van der Waals surface area (Å²) in [6, 6.07) is 7.82. The van der Waals surface area contributed by atoms with Gasteiger partial charge in [0.1, 0.15) is 17.2 Å². The standard InChI is InChI=1S/C23H32N4O4S/c1-6-7-20-16(2)12-21(22(24-20)31-5)25-32-23(28)27-10-8-26(9-11-27)17-13-18(29-3)15-19(14-17)30-4/h12-15,25H,6-11H2,1-5H3. The van der Waals surface area contributed by atoms with Gasteiger partial charge in [0.2, 0.25) is 5.88 Å². The highest BCUT2D eigenvalue weighted by Gasteiger charge is 2.23. The maximum atomic E-state index is 12.8. The molecule has 1 saturated heterocycles. The molecule has 0 aliphatic carbocycles. The second-order valence-electron chi connectivity index (χ2n) is 7.57. The Morgan fingerprint density at radius 3 is 2.25 bits per heavy atom. The van der Waals surface area contributed by atoms with Crippen molar-refractivity contribution < 1.29 is 19.0 Å². The van der Waals surface area contributed by atoms with Crippen molar-refractivity contribution >= 4 is 28.6 Å². The van der Waals surface area contributed by atoms with Gasteiger partial charge in [-0.05, 0) is 25.0 Å². The third-order valence-electron chi connectivity index (χ3n) is 5.45. The fraction of sp³-hybridized carbons (Fsp3) is 0.478. The lowest BCUT2D eigenvalue weighted by atomic mass is 10.1. The lowest BCUT2D eigenvalue weighted by Crippen LogP contribution is -2.47. The van der Waals surface area contributed by atoms with E-state index in [1.54, 1.807) is 21.3 Å². The van der Waals surface area contributed by atoms with E-state index < -0.39 is 0 Å². The molecule has 2 aromatic rings. The molecule has 0 bridgehead atoms. The molecule has 1 amide bonds. The van der Waals surface area contributed by atoms with Gasteiger partial charge in [-0.15, -0.1) is 0 Å². The van der Waals surface area contributed by atoms with Crippen molar-refractivity contribution in [3.63, 3.8) is 0 Å². The van der Waals surface area contributed by atoms with Crippen LogP contribution < -0.4 is 23.8 Å². The van der Waals surface area contributed by atoms with Gasteiger partial charge < -0.3 is 28.7 Å². The van der Waals surface area contributed by atoms with E-state index in [-0.39, 0.29) is 5.24 Å². The van der Waals surface area contributed by atoms with Crippen LogP contribution >= 0.6 is 11.9 Å². The summed E-state index contributed by atoms with van der Waals surface area (Å²) in [5.74, 6) is 2.01. The second kappa shape index (κ2) is 11.2. The van der Waals surface area contributed by atoms with Gasteiger partial charge in [0.15, 0.2) is 0 Å². The number of carbonyl (C=O) groups is 1. The van der Waals surface area contributed by atoms with Crippen LogP contribution in [0.2, 0.25) is 0 Å². The molecule has 1 fully saturated rings. The van der Waals surface area contributed by atoms with Gasteiger partial charge in [-0.3, -0.25) is 4.79 Å². The van der Waals surface area contributed by atoms with Crippen LogP contribution in [0.1, 0.15) is 24.6 Å². The average molecular weight is 461 g/mol. The summed E-state index contributed by atoms with van der Waals surface area (Å²) >= 11 is 1.06. The summed E-state index contributed by atoms with van der Waals surface area (Å²) in [5, 5.41) is -0.0230. The minimum absolute atomic E-state index is 0.0230. The van der Waals surface area contributed by atoms with Crippen molar-refractivity contribution in [3.05, 3.63) is 35.5 Å². The molecule has 9 heteroatoms. The van der Waals surface area contributed by atoms with E-state index in [1.165, 1.54) is 0 Å². The molecule has 3 rings (SSSR count). The summed E-state index contributed by atoms with van der Waals surface area (Å²) in [6.45, 7) is 6.89. The molecule has 0 unspecified atom stereocenters. The maximum absolute atomic E-state index is 12.8. The number of nitrogens with zero attached hydrogens (tertiary/aromatic N) is 3. The summed E-state index contributed by atoms with van der Waals surface area (Å²) < 4.78 is 19.3. The third kappa shape index (κ3) is 5.70. The number of methoxy groups -OCH3 is 3. The molecule has 0 radical (unpaired) electrons. The Balaban J connectivity index is 1.58. The highest BCUT2D eigenvalue weighted by Crippen LogP contribution is 2.30. The van der Waals surface area contributed by atoms with Crippen LogP contribution in [0.25, 0.3) is 0 Å². The first kappa shape index (κ1) is 23.8. The van der Waals surface area contributed by atoms with E-state index in [0.717, 1.165) is 66.3 Å². The summed E-state index contributed by atoms with van der Waals surface area (Å²) in [6.07, 6.45) is 1.92. The SMILES string of the molecule is CCCc1nc(OC)c(NSC(=O)N2CCN(c3cc(OC)cc(OC)c3)CC2)cc1C. The number of aryl methyl sites for hydroxylation is 2. The van der Waals surface area contributed by atoms with Gasteiger partial charge in [0.05, 0.1) is 21.3 Å². The number of anilines is 2. The fourth-order valence-corrected chi connectivity index (χ4v) is 4.29. The Hall–Kier alpha value is -2.81. The Morgan fingerprint density at radius 2 is 1.69 bits per heavy atom. The van der Waals surface area contributed by atoms with Crippen LogP contribution in [0.5, 0.6) is 17.4 Å². The van der Waals surface area contributed by atoms with Crippen molar-refractivity contribution in [2.24, 2.45) is 0 Å². The topological polar surface area (TPSA) is 76.2 Å². The molecule has 0 spiro atoms. The van der Waals surface area contributed by atoms with Gasteiger partial charge in [-0.25, -0.2) is 4.98 Å². The van der Waals surface area contributed by atoms with Gasteiger partial charge in [-0.1, -0.05) is 13.3 Å². The summed E-state index contributed by atoms with van der Waals surface area (Å²) in [4.78, 5) is 21.5. The normalized spacial score (nSPS) is 13.7. The molecule has 0 atom stereocenters. The zero-order valence-corrected chi connectivity index (χ0v) is 20.3. The summed E-state index contributed by atoms with van der Waals surface area (Å²) in [7, 11) is 4.88. The number of benzene rings is 1. The number of hydrogen-bond donors (Lipinski definition) is 1. The number of ether oxygens (including phenoxy) is 3. The number of amides is 1. The third-order valence-corrected chi connectivity index (χ3v) is 6.21. The molecule has 1 N–H and O–H groups in total. The monoisotopic (exact) mass is 460 g/mol. The van der Waals surface area contributed by atoms with Crippen molar-refractivity contribution in [2.45, 2.75) is 26.7 Å². The van der Waals surface area contributed by atoms with Crippen LogP contribution in [0.15, 0.2) is 24.3 Å². The van der Waals surface area contributed by atoms with Crippen molar-refractivity contribution in [3.8, 4) is 17.4 Å². The first-order valence-corrected chi connectivity index (χ1v) is 11.5. The van der Waals surface area contributed by atoms with E-state index in [2.05, 4.69) is 21.5 Å². The molecule has 1 aromatic carbocycles. The average Bonchev–Trinajstić information content (AvgIpc) is 2.83. The van der Waals surface area contributed by atoms with Gasteiger partial charge >= 0.3 is 5.24 Å². The minimum atomic E-state index is -0.0230. The Kier molecular flexibility index (Phi) is 8.33. The molecule has 32 heavy (non-hydrogen) atoms. The van der Waals surface area contributed by atoms with E-state index in [0.29, 0.717) is 24.7 Å². The predicted octanol–water partition coefficient (Wildman–Crippen LogP) is 4.37. The van der Waals surface area contributed by atoms with Crippen LogP contribution in [0.4, 0.5) is 16.2 Å². The van der Waals surface area contributed by atoms with Crippen LogP contribution in [0.3, 0.4) is 0 Å². The number of hydrogen-bond acceptors (Lipinski definition) is 8. The first-order chi connectivity index (χ1) is 15.5. The zero-order chi connectivity index (χ0) is 23.1. The highest BCUT2D eigenvalue weighted by atomic mass is 32.2. The zero-order valence-electron chi connectivity index (χ0n) is 19.4. The molecular formula is C23H32N4O4S. The molecule has 2 heterocycles. The fourth-order valence-electron chi connectivity index (χ4n) is 3.64. The first-order valence-electron chi connectivity index (χ1n) is 10.7. The predicted molar refractivity (Wildman–Crippen MR) is 129 cm³/mol. The van der Waals surface area contributed by atoms with Crippen molar-refractivity contribution in [1.29, 1.82) is 0 Å². The number of piperazine rings is 1. The Labute approximate surface area is 194 Å². The van der Waals surface area contributed by atoms with Crippen molar-refractivity contribution in [2.75, 3.05) is 57.1 Å². The lowest BCUT2D eigenvalue weighted by Gasteiger charge is -2.36. The van der Waals surface area contributed by atoms with Crippen molar-refractivity contribution in [1.82, 2.24) is 9.88 Å².